The summed E-state index contributed by atoms with van der Waals surface area (Å²) in [6.07, 6.45) is 8.71. The topological polar surface area (TPSA) is 9.23 Å². The summed E-state index contributed by atoms with van der Waals surface area (Å²) in [7, 11) is 1.62. The maximum Gasteiger partial charge on any atom is 0.0830 e. The van der Waals surface area contributed by atoms with Gasteiger partial charge in [-0.05, 0) is 23.8 Å². The highest BCUT2D eigenvalue weighted by Crippen LogP contribution is 2.04. The molecule has 0 bridgehead atoms. The van der Waals surface area contributed by atoms with Gasteiger partial charge in [-0.1, -0.05) is 18.1 Å². The predicted molar refractivity (Wildman–Crippen MR) is 50.4 cm³/mol. The zero-order valence-corrected chi connectivity index (χ0v) is 6.95. The molecule has 0 saturated heterocycles. The van der Waals surface area contributed by atoms with E-state index >= 15 is 0 Å². The van der Waals surface area contributed by atoms with Gasteiger partial charge in [0.05, 0.1) is 13.4 Å². The molecule has 0 atom stereocenters. The van der Waals surface area contributed by atoms with Gasteiger partial charge in [-0.25, -0.2) is 0 Å². The first-order valence-electron chi connectivity index (χ1n) is 3.63. The Kier molecular flexibility index (Phi) is 2.98. The van der Waals surface area contributed by atoms with Crippen LogP contribution >= 0.6 is 0 Å². The number of hydrogen-bond acceptors (Lipinski definition) is 1. The van der Waals surface area contributed by atoms with Crippen molar-refractivity contribution in [3.8, 4) is 12.3 Å². The van der Waals surface area contributed by atoms with Crippen molar-refractivity contribution in [1.29, 1.82) is 0 Å². The lowest BCUT2D eigenvalue weighted by Gasteiger charge is -1.93. The minimum Gasteiger partial charge on any atom is -0.504 e. The van der Waals surface area contributed by atoms with E-state index in [-0.39, 0.29) is 0 Å². The molecule has 0 spiro atoms. The molecule has 0 fully saturated rings. The maximum absolute atomic E-state index is 5.21. The van der Waals surface area contributed by atoms with Gasteiger partial charge in [0, 0.05) is 5.56 Å². The van der Waals surface area contributed by atoms with Crippen molar-refractivity contribution in [2.24, 2.45) is 0 Å². The summed E-state index contributed by atoms with van der Waals surface area (Å²) in [6, 6.07) is 7.69. The summed E-state index contributed by atoms with van der Waals surface area (Å²) in [5, 5.41) is 0. The highest BCUT2D eigenvalue weighted by Gasteiger charge is 1.86. The lowest BCUT2D eigenvalue weighted by Crippen LogP contribution is -1.75. The summed E-state index contributed by atoms with van der Waals surface area (Å²) in [5.41, 5.74) is 1.97. The first kappa shape index (κ1) is 8.42. The molecule has 0 aromatic heterocycles. The molecule has 0 unspecified atom stereocenters. The lowest BCUT2D eigenvalue weighted by atomic mass is 10.1. The van der Waals surface area contributed by atoms with Gasteiger partial charge in [0.25, 0.3) is 0 Å². The van der Waals surface area contributed by atoms with Crippen LogP contribution in [0.2, 0.25) is 0 Å². The summed E-state index contributed by atoms with van der Waals surface area (Å²) in [6.45, 7) is 0. The van der Waals surface area contributed by atoms with Gasteiger partial charge in [0.2, 0.25) is 0 Å². The third-order valence-electron chi connectivity index (χ3n) is 1.47. The van der Waals surface area contributed by atoms with E-state index in [2.05, 4.69) is 5.92 Å². The fourth-order valence-corrected chi connectivity index (χ4v) is 0.837. The number of terminal acetylenes is 1. The Balaban J connectivity index is 2.80. The fourth-order valence-electron chi connectivity index (χ4n) is 0.837. The molecule has 12 heavy (non-hydrogen) atoms. The molecule has 0 aliphatic carbocycles. The normalized spacial score (nSPS) is 9.67. The van der Waals surface area contributed by atoms with Crippen molar-refractivity contribution >= 4 is 6.08 Å². The second kappa shape index (κ2) is 4.25. The van der Waals surface area contributed by atoms with Gasteiger partial charge in [0.15, 0.2) is 0 Å². The molecule has 1 aromatic rings. The zero-order valence-electron chi connectivity index (χ0n) is 6.95. The second-order valence-electron chi connectivity index (χ2n) is 2.30. The molecular weight excluding hydrogens is 148 g/mol. The zero-order chi connectivity index (χ0) is 8.81. The highest BCUT2D eigenvalue weighted by molar-refractivity contribution is 5.50. The van der Waals surface area contributed by atoms with Crippen molar-refractivity contribution in [3.63, 3.8) is 0 Å². The van der Waals surface area contributed by atoms with Crippen LogP contribution in [0.3, 0.4) is 0 Å². The van der Waals surface area contributed by atoms with Crippen LogP contribution in [-0.4, -0.2) is 7.11 Å². The van der Waals surface area contributed by atoms with Crippen LogP contribution in [0, 0.1) is 12.3 Å². The number of methoxy groups -OCH3 is 1. The Morgan fingerprint density at radius 3 is 2.50 bits per heavy atom. The largest absolute Gasteiger partial charge is 0.504 e. The first-order chi connectivity index (χ1) is 5.86. The average molecular weight is 158 g/mol. The van der Waals surface area contributed by atoms with Gasteiger partial charge in [-0.2, -0.15) is 0 Å². The van der Waals surface area contributed by atoms with Crippen LogP contribution in [0.5, 0.6) is 0 Å². The molecule has 0 aliphatic rings. The Morgan fingerprint density at radius 2 is 2.00 bits per heavy atom. The van der Waals surface area contributed by atoms with E-state index in [1.165, 1.54) is 0 Å². The quantitative estimate of drug-likeness (QED) is 0.474. The van der Waals surface area contributed by atoms with Crippen LogP contribution in [0.1, 0.15) is 11.1 Å². The molecule has 0 radical (unpaired) electrons. The monoisotopic (exact) mass is 158 g/mol. The van der Waals surface area contributed by atoms with Crippen LogP contribution in [0.15, 0.2) is 30.5 Å². The van der Waals surface area contributed by atoms with Crippen molar-refractivity contribution in [2.45, 2.75) is 0 Å². The van der Waals surface area contributed by atoms with Gasteiger partial charge >= 0.3 is 0 Å². The van der Waals surface area contributed by atoms with Gasteiger partial charge in [-0.3, -0.25) is 0 Å². The van der Waals surface area contributed by atoms with Crippen molar-refractivity contribution in [2.75, 3.05) is 7.11 Å². The smallest absolute Gasteiger partial charge is 0.0830 e. The van der Waals surface area contributed by atoms with E-state index in [4.69, 9.17) is 11.2 Å². The van der Waals surface area contributed by atoms with Crippen LogP contribution < -0.4 is 0 Å². The Morgan fingerprint density at radius 1 is 1.33 bits per heavy atom. The number of rotatable bonds is 2. The number of benzene rings is 1. The standard InChI is InChI=1S/C11H10O/c1-3-10-4-6-11(7-5-10)8-9-12-2/h1,4-9H,2H3/b9-8+. The van der Waals surface area contributed by atoms with Gasteiger partial charge < -0.3 is 4.74 Å². The molecule has 1 aromatic carbocycles. The molecule has 1 nitrogen and oxygen atoms in total. The van der Waals surface area contributed by atoms with E-state index in [1.54, 1.807) is 13.4 Å². The molecule has 1 heteroatoms. The van der Waals surface area contributed by atoms with Crippen molar-refractivity contribution < 1.29 is 4.74 Å². The minimum atomic E-state index is 0.893. The first-order valence-corrected chi connectivity index (χ1v) is 3.63. The Bertz CT molecular complexity index is 301. The SMILES string of the molecule is C#Cc1ccc(/C=C/OC)cc1. The molecular formula is C11H10O. The van der Waals surface area contributed by atoms with E-state index in [9.17, 15) is 0 Å². The van der Waals surface area contributed by atoms with E-state index in [0.717, 1.165) is 11.1 Å². The van der Waals surface area contributed by atoms with Crippen LogP contribution in [0.25, 0.3) is 6.08 Å². The number of ether oxygens (including phenoxy) is 1. The Hall–Kier alpha value is -1.68. The third kappa shape index (κ3) is 2.17. The Labute approximate surface area is 72.7 Å². The predicted octanol–water partition coefficient (Wildman–Crippen LogP) is 2.29. The molecule has 0 saturated carbocycles. The molecule has 0 heterocycles. The number of hydrogen-bond donors (Lipinski definition) is 0. The second-order valence-corrected chi connectivity index (χ2v) is 2.30. The van der Waals surface area contributed by atoms with E-state index in [1.807, 2.05) is 30.3 Å². The maximum atomic E-state index is 5.21. The molecule has 0 N–H and O–H groups in total. The summed E-state index contributed by atoms with van der Waals surface area (Å²) in [4.78, 5) is 0. The van der Waals surface area contributed by atoms with E-state index in [0.29, 0.717) is 0 Å². The van der Waals surface area contributed by atoms with Crippen molar-refractivity contribution in [1.82, 2.24) is 0 Å². The highest BCUT2D eigenvalue weighted by atomic mass is 16.5. The summed E-state index contributed by atoms with van der Waals surface area (Å²) < 4.78 is 4.78. The molecule has 0 amide bonds. The van der Waals surface area contributed by atoms with Crippen molar-refractivity contribution in [3.05, 3.63) is 41.7 Å². The van der Waals surface area contributed by atoms with Crippen LogP contribution in [0.4, 0.5) is 0 Å². The lowest BCUT2D eigenvalue weighted by molar-refractivity contribution is 0.341. The molecule has 60 valence electrons. The summed E-state index contributed by atoms with van der Waals surface area (Å²) in [5.74, 6) is 2.55. The molecule has 1 rings (SSSR count). The van der Waals surface area contributed by atoms with E-state index < -0.39 is 0 Å². The third-order valence-corrected chi connectivity index (χ3v) is 1.47. The average Bonchev–Trinajstić information content (AvgIpc) is 2.15. The minimum absolute atomic E-state index is 0.893. The molecule has 0 aliphatic heterocycles. The van der Waals surface area contributed by atoms with Gasteiger partial charge in [-0.15, -0.1) is 6.42 Å². The van der Waals surface area contributed by atoms with Crippen LogP contribution in [-0.2, 0) is 4.74 Å². The summed E-state index contributed by atoms with van der Waals surface area (Å²) >= 11 is 0. The fraction of sp³-hybridized carbons (Fsp3) is 0.0909. The van der Waals surface area contributed by atoms with Gasteiger partial charge in [0.1, 0.15) is 0 Å².